The molecule has 1 saturated heterocycles. The van der Waals surface area contributed by atoms with Gasteiger partial charge in [-0.25, -0.2) is 0 Å². The van der Waals surface area contributed by atoms with Crippen LogP contribution in [0, 0.1) is 0 Å². The number of benzene rings is 1. The molecule has 1 aromatic rings. The van der Waals surface area contributed by atoms with Crippen LogP contribution in [0.4, 0.5) is 0 Å². The van der Waals surface area contributed by atoms with E-state index in [1.54, 1.807) is 18.2 Å². The fourth-order valence-electron chi connectivity index (χ4n) is 2.51. The van der Waals surface area contributed by atoms with Crippen molar-refractivity contribution in [2.75, 3.05) is 26.7 Å². The maximum Gasteiger partial charge on any atom is 0.237 e. The quantitative estimate of drug-likeness (QED) is 0.842. The summed E-state index contributed by atoms with van der Waals surface area (Å²) in [6.45, 7) is 3.41. The number of ether oxygens (including phenoxy) is 1. The van der Waals surface area contributed by atoms with Crippen molar-refractivity contribution >= 4 is 23.3 Å². The van der Waals surface area contributed by atoms with E-state index in [0.717, 1.165) is 0 Å². The van der Waals surface area contributed by atoms with Gasteiger partial charge in [-0.15, -0.1) is 0 Å². The number of halogens is 1. The molecule has 0 spiro atoms. The number of Topliss-reactive ketones (excluding diaryl/α,β-unsaturated/α-hetero) is 1. The molecule has 1 atom stereocenters. The largest absolute Gasteiger partial charge is 0.495 e. The summed E-state index contributed by atoms with van der Waals surface area (Å²) in [6.07, 6.45) is 0.683. The standard InChI is InChI=1S/C15H19ClN2O3/c1-3-12-15(20)17-6-7-18(12)9-13(19)10-4-5-14(21-2)11(16)8-10/h4-5,8,12H,3,6-7,9H2,1-2H3,(H,17,20). The molecule has 0 aromatic heterocycles. The van der Waals surface area contributed by atoms with Gasteiger partial charge >= 0.3 is 0 Å². The summed E-state index contributed by atoms with van der Waals surface area (Å²) in [5, 5.41) is 3.23. The zero-order valence-corrected chi connectivity index (χ0v) is 12.9. The van der Waals surface area contributed by atoms with Gasteiger partial charge in [0.15, 0.2) is 5.78 Å². The van der Waals surface area contributed by atoms with Crippen LogP contribution >= 0.6 is 11.6 Å². The number of piperazine rings is 1. The van der Waals surface area contributed by atoms with E-state index >= 15 is 0 Å². The number of carbonyl (C=O) groups excluding carboxylic acids is 2. The lowest BCUT2D eigenvalue weighted by Gasteiger charge is -2.33. The van der Waals surface area contributed by atoms with Crippen LogP contribution in [0.3, 0.4) is 0 Å². The van der Waals surface area contributed by atoms with E-state index in [1.807, 2.05) is 11.8 Å². The number of nitrogens with zero attached hydrogens (tertiary/aromatic N) is 1. The maximum absolute atomic E-state index is 12.4. The minimum Gasteiger partial charge on any atom is -0.495 e. The number of nitrogens with one attached hydrogen (secondary N) is 1. The Hall–Kier alpha value is -1.59. The molecule has 1 heterocycles. The average molecular weight is 311 g/mol. The summed E-state index contributed by atoms with van der Waals surface area (Å²) in [5.74, 6) is 0.481. The van der Waals surface area contributed by atoms with Gasteiger partial charge in [0.2, 0.25) is 5.91 Å². The number of amides is 1. The minimum absolute atomic E-state index is 0.00990. The fraction of sp³-hybridized carbons (Fsp3) is 0.467. The van der Waals surface area contributed by atoms with Crippen molar-refractivity contribution in [3.05, 3.63) is 28.8 Å². The van der Waals surface area contributed by atoms with Gasteiger partial charge in [0.1, 0.15) is 5.75 Å². The SMILES string of the molecule is CCC1C(=O)NCCN1CC(=O)c1ccc(OC)c(Cl)c1. The Kier molecular flexibility index (Phi) is 5.20. The van der Waals surface area contributed by atoms with Crippen LogP contribution in [0.1, 0.15) is 23.7 Å². The number of hydrogen-bond donors (Lipinski definition) is 1. The lowest BCUT2D eigenvalue weighted by atomic mass is 10.1. The van der Waals surface area contributed by atoms with Crippen LogP contribution in [-0.4, -0.2) is 49.4 Å². The minimum atomic E-state index is -0.239. The van der Waals surface area contributed by atoms with Crippen molar-refractivity contribution in [2.45, 2.75) is 19.4 Å². The summed E-state index contributed by atoms with van der Waals surface area (Å²) in [7, 11) is 1.53. The van der Waals surface area contributed by atoms with Gasteiger partial charge in [-0.1, -0.05) is 18.5 Å². The van der Waals surface area contributed by atoms with E-state index in [4.69, 9.17) is 16.3 Å². The molecule has 1 unspecified atom stereocenters. The number of ketones is 1. The van der Waals surface area contributed by atoms with Crippen molar-refractivity contribution in [3.8, 4) is 5.75 Å². The molecule has 21 heavy (non-hydrogen) atoms. The highest BCUT2D eigenvalue weighted by Crippen LogP contribution is 2.25. The number of methoxy groups -OCH3 is 1. The molecule has 114 valence electrons. The summed E-state index contributed by atoms with van der Waals surface area (Å²) in [4.78, 5) is 26.1. The van der Waals surface area contributed by atoms with Gasteiger partial charge in [0.05, 0.1) is 24.7 Å². The Balaban J connectivity index is 2.10. The first-order chi connectivity index (χ1) is 10.1. The maximum atomic E-state index is 12.4. The summed E-state index contributed by atoms with van der Waals surface area (Å²) in [6, 6.07) is 4.73. The average Bonchev–Trinajstić information content (AvgIpc) is 2.47. The number of hydrogen-bond acceptors (Lipinski definition) is 4. The summed E-state index contributed by atoms with van der Waals surface area (Å²) >= 11 is 6.04. The van der Waals surface area contributed by atoms with Crippen LogP contribution in [0.5, 0.6) is 5.75 Å². The predicted octanol–water partition coefficient (Wildman–Crippen LogP) is 1.74. The van der Waals surface area contributed by atoms with Crippen LogP contribution in [-0.2, 0) is 4.79 Å². The Labute approximate surface area is 129 Å². The van der Waals surface area contributed by atoms with E-state index in [-0.39, 0.29) is 24.3 Å². The van der Waals surface area contributed by atoms with Crippen molar-refractivity contribution in [2.24, 2.45) is 0 Å². The molecular weight excluding hydrogens is 292 g/mol. The Morgan fingerprint density at radius 1 is 1.52 bits per heavy atom. The third-order valence-electron chi connectivity index (χ3n) is 3.65. The highest BCUT2D eigenvalue weighted by molar-refractivity contribution is 6.32. The van der Waals surface area contributed by atoms with E-state index in [9.17, 15) is 9.59 Å². The fourth-order valence-corrected chi connectivity index (χ4v) is 2.77. The Morgan fingerprint density at radius 2 is 2.29 bits per heavy atom. The second kappa shape index (κ2) is 6.91. The highest BCUT2D eigenvalue weighted by Gasteiger charge is 2.29. The van der Waals surface area contributed by atoms with Crippen LogP contribution in [0.25, 0.3) is 0 Å². The first-order valence-electron chi connectivity index (χ1n) is 6.95. The molecule has 5 nitrogen and oxygen atoms in total. The van der Waals surface area contributed by atoms with Gasteiger partial charge in [-0.2, -0.15) is 0 Å². The molecule has 1 aliphatic heterocycles. The molecule has 2 rings (SSSR count). The first kappa shape index (κ1) is 15.8. The van der Waals surface area contributed by atoms with Gasteiger partial charge in [-0.3, -0.25) is 14.5 Å². The van der Waals surface area contributed by atoms with Gasteiger partial charge in [-0.05, 0) is 24.6 Å². The number of carbonyl (C=O) groups is 2. The smallest absolute Gasteiger partial charge is 0.237 e. The molecule has 6 heteroatoms. The van der Waals surface area contributed by atoms with Crippen molar-refractivity contribution < 1.29 is 14.3 Å². The van der Waals surface area contributed by atoms with Crippen LogP contribution in [0.2, 0.25) is 5.02 Å². The zero-order chi connectivity index (χ0) is 15.4. The summed E-state index contributed by atoms with van der Waals surface area (Å²) < 4.78 is 5.07. The topological polar surface area (TPSA) is 58.6 Å². The van der Waals surface area contributed by atoms with Crippen LogP contribution < -0.4 is 10.1 Å². The Morgan fingerprint density at radius 3 is 2.90 bits per heavy atom. The third kappa shape index (κ3) is 3.54. The third-order valence-corrected chi connectivity index (χ3v) is 3.94. The van der Waals surface area contributed by atoms with E-state index in [2.05, 4.69) is 5.32 Å². The second-order valence-electron chi connectivity index (χ2n) is 4.96. The molecule has 1 amide bonds. The van der Waals surface area contributed by atoms with E-state index in [1.165, 1.54) is 7.11 Å². The molecule has 1 fully saturated rings. The van der Waals surface area contributed by atoms with Gasteiger partial charge in [0.25, 0.3) is 0 Å². The van der Waals surface area contributed by atoms with Crippen molar-refractivity contribution in [1.29, 1.82) is 0 Å². The molecule has 0 saturated carbocycles. The lowest BCUT2D eigenvalue weighted by Crippen LogP contribution is -2.56. The molecule has 1 aromatic carbocycles. The molecule has 0 bridgehead atoms. The van der Waals surface area contributed by atoms with Crippen LogP contribution in [0.15, 0.2) is 18.2 Å². The van der Waals surface area contributed by atoms with Crippen molar-refractivity contribution in [1.82, 2.24) is 10.2 Å². The predicted molar refractivity (Wildman–Crippen MR) is 81.0 cm³/mol. The normalized spacial score (nSPS) is 19.2. The van der Waals surface area contributed by atoms with Gasteiger partial charge in [0, 0.05) is 18.7 Å². The highest BCUT2D eigenvalue weighted by atomic mass is 35.5. The Bertz CT molecular complexity index is 548. The second-order valence-corrected chi connectivity index (χ2v) is 5.37. The zero-order valence-electron chi connectivity index (χ0n) is 12.2. The monoisotopic (exact) mass is 310 g/mol. The molecule has 1 N–H and O–H groups in total. The number of rotatable bonds is 5. The molecule has 0 radical (unpaired) electrons. The van der Waals surface area contributed by atoms with Gasteiger partial charge < -0.3 is 10.1 Å². The molecule has 1 aliphatic rings. The molecule has 0 aliphatic carbocycles. The van der Waals surface area contributed by atoms with Crippen molar-refractivity contribution in [3.63, 3.8) is 0 Å². The lowest BCUT2D eigenvalue weighted by molar-refractivity contribution is -0.128. The van der Waals surface area contributed by atoms with E-state index in [0.29, 0.717) is 35.8 Å². The molecular formula is C15H19ClN2O3. The van der Waals surface area contributed by atoms with E-state index < -0.39 is 0 Å². The summed E-state index contributed by atoms with van der Waals surface area (Å²) in [5.41, 5.74) is 0.529. The first-order valence-corrected chi connectivity index (χ1v) is 7.33.